The molecule has 35 heavy (non-hydrogen) atoms. The molecule has 1 amide bonds. The number of thioether (sulfide) groups is 1. The monoisotopic (exact) mass is 497 g/mol. The minimum absolute atomic E-state index is 0.146. The number of carbonyl (C=O) groups excluding carboxylic acids is 1. The smallest absolute Gasteiger partial charge is 0.234 e. The van der Waals surface area contributed by atoms with Crippen LogP contribution >= 0.6 is 23.4 Å². The van der Waals surface area contributed by atoms with Crippen molar-refractivity contribution in [2.24, 2.45) is 0 Å². The number of nitrogens with one attached hydrogen (secondary N) is 1. The Bertz CT molecular complexity index is 1480. The Balaban J connectivity index is 1.34. The lowest BCUT2D eigenvalue weighted by Crippen LogP contribution is -2.15. The largest absolute Gasteiger partial charge is 0.455 e. The number of para-hydroxylation sites is 3. The number of benzene rings is 4. The van der Waals surface area contributed by atoms with E-state index >= 15 is 0 Å². The Labute approximate surface area is 212 Å². The number of hydrogen-bond acceptors (Lipinski definition) is 5. The van der Waals surface area contributed by atoms with Crippen molar-refractivity contribution in [3.05, 3.63) is 108 Å². The van der Waals surface area contributed by atoms with E-state index in [-0.39, 0.29) is 11.7 Å². The van der Waals surface area contributed by atoms with E-state index in [9.17, 15) is 4.79 Å². The van der Waals surface area contributed by atoms with Crippen molar-refractivity contribution in [2.45, 2.75) is 5.16 Å². The number of fused-ring (bicyclic) bond motifs is 1. The summed E-state index contributed by atoms with van der Waals surface area (Å²) < 4.78 is 5.94. The molecule has 1 heterocycles. The highest BCUT2D eigenvalue weighted by Gasteiger charge is 2.14. The van der Waals surface area contributed by atoms with Gasteiger partial charge in [0.05, 0.1) is 22.7 Å². The summed E-state index contributed by atoms with van der Waals surface area (Å²) >= 11 is 7.51. The molecule has 0 spiro atoms. The zero-order valence-electron chi connectivity index (χ0n) is 18.5. The van der Waals surface area contributed by atoms with Crippen LogP contribution in [0.15, 0.2) is 108 Å². The zero-order chi connectivity index (χ0) is 24.0. The maximum absolute atomic E-state index is 12.8. The molecule has 0 aliphatic heterocycles. The van der Waals surface area contributed by atoms with E-state index in [1.54, 1.807) is 6.07 Å². The highest BCUT2D eigenvalue weighted by molar-refractivity contribution is 7.99. The fraction of sp³-hybridized carbons (Fsp3) is 0.0357. The van der Waals surface area contributed by atoms with Crippen LogP contribution in [-0.4, -0.2) is 21.6 Å². The van der Waals surface area contributed by atoms with E-state index in [0.717, 1.165) is 22.2 Å². The molecule has 7 heteroatoms. The van der Waals surface area contributed by atoms with E-state index in [1.165, 1.54) is 11.8 Å². The van der Waals surface area contributed by atoms with Crippen molar-refractivity contribution >= 4 is 45.9 Å². The van der Waals surface area contributed by atoms with Gasteiger partial charge < -0.3 is 10.1 Å². The minimum atomic E-state index is -0.180. The number of hydrogen-bond donors (Lipinski definition) is 1. The van der Waals surface area contributed by atoms with Gasteiger partial charge in [0.25, 0.3) is 0 Å². The van der Waals surface area contributed by atoms with Gasteiger partial charge in [-0.3, -0.25) is 4.79 Å². The topological polar surface area (TPSA) is 64.1 Å². The number of nitrogens with zero attached hydrogens (tertiary/aromatic N) is 2. The lowest BCUT2D eigenvalue weighted by molar-refractivity contribution is -0.113. The molecule has 4 aromatic carbocycles. The number of anilines is 1. The van der Waals surface area contributed by atoms with Crippen LogP contribution in [0.2, 0.25) is 5.02 Å². The molecule has 5 nitrogen and oxygen atoms in total. The first-order chi connectivity index (χ1) is 17.2. The number of halogens is 1. The van der Waals surface area contributed by atoms with E-state index in [2.05, 4.69) is 10.3 Å². The van der Waals surface area contributed by atoms with Gasteiger partial charge in [-0.15, -0.1) is 0 Å². The molecule has 5 aromatic rings. The second-order valence-electron chi connectivity index (χ2n) is 7.63. The van der Waals surface area contributed by atoms with Crippen LogP contribution < -0.4 is 10.1 Å². The molecule has 0 radical (unpaired) electrons. The summed E-state index contributed by atoms with van der Waals surface area (Å²) in [5.41, 5.74) is 3.11. The maximum atomic E-state index is 12.8. The molecule has 0 fully saturated rings. The van der Waals surface area contributed by atoms with E-state index < -0.39 is 0 Å². The van der Waals surface area contributed by atoms with Gasteiger partial charge in [0.1, 0.15) is 5.75 Å². The van der Waals surface area contributed by atoms with Gasteiger partial charge in [0.2, 0.25) is 5.91 Å². The van der Waals surface area contributed by atoms with E-state index in [1.807, 2.05) is 97.1 Å². The average Bonchev–Trinajstić information content (AvgIpc) is 2.89. The lowest BCUT2D eigenvalue weighted by Gasteiger charge is -2.12. The first-order valence-corrected chi connectivity index (χ1v) is 12.3. The summed E-state index contributed by atoms with van der Waals surface area (Å²) in [5, 5.41) is 4.94. The van der Waals surface area contributed by atoms with Gasteiger partial charge in [-0.25, -0.2) is 9.97 Å². The Morgan fingerprint density at radius 1 is 0.857 bits per heavy atom. The lowest BCUT2D eigenvalue weighted by atomic mass is 10.1. The molecule has 0 aliphatic rings. The van der Waals surface area contributed by atoms with Crippen LogP contribution in [0, 0.1) is 0 Å². The van der Waals surface area contributed by atoms with Gasteiger partial charge in [0, 0.05) is 16.0 Å². The minimum Gasteiger partial charge on any atom is -0.455 e. The molecule has 0 saturated heterocycles. The van der Waals surface area contributed by atoms with Crippen LogP contribution in [0.4, 0.5) is 5.69 Å². The Morgan fingerprint density at radius 2 is 1.57 bits per heavy atom. The maximum Gasteiger partial charge on any atom is 0.234 e. The number of rotatable bonds is 7. The fourth-order valence-electron chi connectivity index (χ4n) is 3.55. The normalized spacial score (nSPS) is 10.8. The second kappa shape index (κ2) is 10.6. The van der Waals surface area contributed by atoms with Crippen molar-refractivity contribution in [2.75, 3.05) is 11.1 Å². The summed E-state index contributed by atoms with van der Waals surface area (Å²) in [6.45, 7) is 0. The zero-order valence-corrected chi connectivity index (χ0v) is 20.1. The molecule has 0 bridgehead atoms. The third kappa shape index (κ3) is 5.62. The summed E-state index contributed by atoms with van der Waals surface area (Å²) in [6, 6.07) is 32.2. The number of amides is 1. The summed E-state index contributed by atoms with van der Waals surface area (Å²) in [7, 11) is 0. The molecule has 0 unspecified atom stereocenters. The average molecular weight is 498 g/mol. The van der Waals surface area contributed by atoms with Gasteiger partial charge in [0.15, 0.2) is 10.9 Å². The SMILES string of the molecule is O=C(CSc1nc(-c2ccccc2)c2cc(Cl)ccc2n1)Nc1ccccc1Oc1ccccc1. The summed E-state index contributed by atoms with van der Waals surface area (Å²) in [5.74, 6) is 1.23. The van der Waals surface area contributed by atoms with Crippen molar-refractivity contribution in [1.29, 1.82) is 0 Å². The highest BCUT2D eigenvalue weighted by Crippen LogP contribution is 2.32. The van der Waals surface area contributed by atoms with Gasteiger partial charge in [-0.2, -0.15) is 0 Å². The highest BCUT2D eigenvalue weighted by atomic mass is 35.5. The van der Waals surface area contributed by atoms with Crippen LogP contribution in [0.3, 0.4) is 0 Å². The Kier molecular flexibility index (Phi) is 6.93. The standard InChI is InChI=1S/C28H20ClN3O2S/c29-20-15-16-23-22(17-20)27(19-9-3-1-4-10-19)32-28(31-23)35-18-26(33)30-24-13-7-8-14-25(24)34-21-11-5-2-6-12-21/h1-17H,18H2,(H,30,33). The molecule has 0 aliphatic carbocycles. The number of ether oxygens (including phenoxy) is 1. The third-order valence-electron chi connectivity index (χ3n) is 5.15. The van der Waals surface area contributed by atoms with Crippen LogP contribution in [0.5, 0.6) is 11.5 Å². The van der Waals surface area contributed by atoms with Crippen LogP contribution in [-0.2, 0) is 4.79 Å². The quantitative estimate of drug-likeness (QED) is 0.186. The Morgan fingerprint density at radius 3 is 2.37 bits per heavy atom. The van der Waals surface area contributed by atoms with Crippen LogP contribution in [0.25, 0.3) is 22.2 Å². The number of carbonyl (C=O) groups is 1. The van der Waals surface area contributed by atoms with Crippen molar-refractivity contribution in [1.82, 2.24) is 9.97 Å². The second-order valence-corrected chi connectivity index (χ2v) is 9.01. The van der Waals surface area contributed by atoms with Crippen molar-refractivity contribution in [3.63, 3.8) is 0 Å². The summed E-state index contributed by atoms with van der Waals surface area (Å²) in [6.07, 6.45) is 0. The molecule has 1 N–H and O–H groups in total. The van der Waals surface area contributed by atoms with Gasteiger partial charge in [-0.05, 0) is 42.5 Å². The van der Waals surface area contributed by atoms with Crippen molar-refractivity contribution in [3.8, 4) is 22.8 Å². The first-order valence-electron chi connectivity index (χ1n) is 10.9. The van der Waals surface area contributed by atoms with Crippen LogP contribution in [0.1, 0.15) is 0 Å². The predicted molar refractivity (Wildman–Crippen MR) is 142 cm³/mol. The number of aromatic nitrogens is 2. The molecular formula is C28H20ClN3O2S. The molecule has 0 atom stereocenters. The molecule has 1 aromatic heterocycles. The fourth-order valence-corrected chi connectivity index (χ4v) is 4.37. The molecule has 172 valence electrons. The molecule has 0 saturated carbocycles. The molecule has 5 rings (SSSR count). The van der Waals surface area contributed by atoms with Gasteiger partial charge >= 0.3 is 0 Å². The van der Waals surface area contributed by atoms with Crippen molar-refractivity contribution < 1.29 is 9.53 Å². The third-order valence-corrected chi connectivity index (χ3v) is 6.23. The van der Waals surface area contributed by atoms with E-state index in [0.29, 0.717) is 27.4 Å². The Hall–Kier alpha value is -3.87. The van der Waals surface area contributed by atoms with Gasteiger partial charge in [-0.1, -0.05) is 84.0 Å². The predicted octanol–water partition coefficient (Wildman–Crippen LogP) is 7.47. The summed E-state index contributed by atoms with van der Waals surface area (Å²) in [4.78, 5) is 22.2. The van der Waals surface area contributed by atoms with E-state index in [4.69, 9.17) is 21.3 Å². The molecular weight excluding hydrogens is 478 g/mol. The first kappa shape index (κ1) is 22.9.